The number of halogens is 1. The van der Waals surface area contributed by atoms with Crippen molar-refractivity contribution < 1.29 is 4.39 Å². The number of fused-ring (bicyclic) bond motifs is 4. The molecular formula is C41H28FN3. The van der Waals surface area contributed by atoms with Gasteiger partial charge in [-0.25, -0.2) is 4.39 Å². The van der Waals surface area contributed by atoms with Crippen LogP contribution in [0.2, 0.25) is 0 Å². The Morgan fingerprint density at radius 3 is 2.04 bits per heavy atom. The Morgan fingerprint density at radius 2 is 1.27 bits per heavy atom. The lowest BCUT2D eigenvalue weighted by Crippen LogP contribution is -2.20. The summed E-state index contributed by atoms with van der Waals surface area (Å²) in [6.45, 7) is 0. The number of allylic oxidation sites excluding steroid dienone is 1. The molecular weight excluding hydrogens is 553 g/mol. The summed E-state index contributed by atoms with van der Waals surface area (Å²) in [5.74, 6) is -0.323. The maximum absolute atomic E-state index is 14.9. The van der Waals surface area contributed by atoms with Crippen molar-refractivity contribution in [3.05, 3.63) is 185 Å². The van der Waals surface area contributed by atoms with Crippen LogP contribution in [0.4, 0.5) is 4.39 Å². The minimum absolute atomic E-state index is 0.323. The second-order valence-corrected chi connectivity index (χ2v) is 11.2. The highest BCUT2D eigenvalue weighted by molar-refractivity contribution is 6.36. The SMILES string of the molecule is N=C(/C(=C1\NC(c2ccccc2)=Cc2ccc(F)cc21)c1ccc2c(c1)c1ccccc1n2-c1ccccc1)c1ccccc1. The van der Waals surface area contributed by atoms with Gasteiger partial charge in [-0.05, 0) is 65.2 Å². The number of nitrogens with zero attached hydrogens (tertiary/aromatic N) is 1. The smallest absolute Gasteiger partial charge is 0.123 e. The first kappa shape index (κ1) is 26.6. The molecule has 1 aliphatic rings. The summed E-state index contributed by atoms with van der Waals surface area (Å²) in [7, 11) is 0. The molecule has 0 amide bonds. The molecule has 1 aromatic heterocycles. The van der Waals surface area contributed by atoms with Gasteiger partial charge in [0.1, 0.15) is 5.82 Å². The second kappa shape index (κ2) is 10.9. The maximum atomic E-state index is 14.9. The normalized spacial score (nSPS) is 13.7. The van der Waals surface area contributed by atoms with Gasteiger partial charge in [-0.15, -0.1) is 0 Å². The van der Waals surface area contributed by atoms with Crippen molar-refractivity contribution in [2.24, 2.45) is 0 Å². The van der Waals surface area contributed by atoms with Crippen LogP contribution in [0.1, 0.15) is 27.8 Å². The fraction of sp³-hybridized carbons (Fsp3) is 0. The minimum atomic E-state index is -0.323. The average molecular weight is 582 g/mol. The van der Waals surface area contributed by atoms with Gasteiger partial charge < -0.3 is 9.88 Å². The highest BCUT2D eigenvalue weighted by atomic mass is 19.1. The van der Waals surface area contributed by atoms with Crippen LogP contribution in [0.25, 0.3) is 50.5 Å². The molecule has 3 nitrogen and oxygen atoms in total. The summed E-state index contributed by atoms with van der Waals surface area (Å²) in [5, 5.41) is 15.5. The number of aromatic nitrogens is 1. The van der Waals surface area contributed by atoms with Gasteiger partial charge in [0, 0.05) is 38.9 Å². The standard InChI is InChI=1S/C41H28FN3/c42-31-22-20-29-25-36(27-12-4-1-5-13-27)44-41(34(29)26-31)39(40(43)28-14-6-2-7-15-28)30-21-23-38-35(24-30)33-18-10-11-19-37(33)45(38)32-16-8-3-9-17-32/h1-26,43-44H/b41-39-,43-40?. The van der Waals surface area contributed by atoms with E-state index in [9.17, 15) is 9.80 Å². The zero-order valence-electron chi connectivity index (χ0n) is 24.3. The summed E-state index contributed by atoms with van der Waals surface area (Å²) in [6.07, 6.45) is 2.05. The number of para-hydroxylation sites is 2. The molecule has 0 spiro atoms. The van der Waals surface area contributed by atoms with Gasteiger partial charge in [0.25, 0.3) is 0 Å². The van der Waals surface area contributed by atoms with E-state index in [1.807, 2.05) is 66.7 Å². The van der Waals surface area contributed by atoms with Crippen LogP contribution in [0.3, 0.4) is 0 Å². The quantitative estimate of drug-likeness (QED) is 0.195. The Labute approximate surface area is 260 Å². The molecule has 0 radical (unpaired) electrons. The molecule has 0 saturated carbocycles. The van der Waals surface area contributed by atoms with Gasteiger partial charge in [0.2, 0.25) is 0 Å². The number of nitrogens with one attached hydrogen (secondary N) is 2. The van der Waals surface area contributed by atoms with E-state index in [0.29, 0.717) is 17.0 Å². The van der Waals surface area contributed by atoms with Crippen molar-refractivity contribution in [3.8, 4) is 5.69 Å². The predicted molar refractivity (Wildman–Crippen MR) is 185 cm³/mol. The number of benzene rings is 6. The summed E-state index contributed by atoms with van der Waals surface area (Å²) >= 11 is 0. The first-order valence-electron chi connectivity index (χ1n) is 15.0. The summed E-state index contributed by atoms with van der Waals surface area (Å²) in [4.78, 5) is 0. The van der Waals surface area contributed by atoms with Crippen molar-refractivity contribution in [2.75, 3.05) is 0 Å². The van der Waals surface area contributed by atoms with Gasteiger partial charge in [0.15, 0.2) is 0 Å². The fourth-order valence-electron chi connectivity index (χ4n) is 6.38. The zero-order valence-corrected chi connectivity index (χ0v) is 24.3. The van der Waals surface area contributed by atoms with Crippen LogP contribution in [-0.2, 0) is 0 Å². The Morgan fingerprint density at radius 1 is 0.600 bits per heavy atom. The third-order valence-electron chi connectivity index (χ3n) is 8.47. The molecule has 4 heteroatoms. The third-order valence-corrected chi connectivity index (χ3v) is 8.47. The monoisotopic (exact) mass is 581 g/mol. The van der Waals surface area contributed by atoms with Gasteiger partial charge in [-0.3, -0.25) is 5.41 Å². The van der Waals surface area contributed by atoms with Crippen molar-refractivity contribution in [3.63, 3.8) is 0 Å². The third kappa shape index (κ3) is 4.64. The summed E-state index contributed by atoms with van der Waals surface area (Å²) in [5.41, 5.74) is 10.2. The zero-order chi connectivity index (χ0) is 30.3. The number of rotatable bonds is 5. The van der Waals surface area contributed by atoms with E-state index in [0.717, 1.165) is 61.0 Å². The first-order chi connectivity index (χ1) is 22.2. The molecule has 45 heavy (non-hydrogen) atoms. The molecule has 0 unspecified atom stereocenters. The van der Waals surface area contributed by atoms with Gasteiger partial charge >= 0.3 is 0 Å². The van der Waals surface area contributed by atoms with Crippen molar-refractivity contribution in [1.82, 2.24) is 9.88 Å². The lowest BCUT2D eigenvalue weighted by molar-refractivity contribution is 0.627. The lowest BCUT2D eigenvalue weighted by atomic mass is 9.87. The van der Waals surface area contributed by atoms with Gasteiger partial charge in [-0.1, -0.05) is 109 Å². The molecule has 2 heterocycles. The number of hydrogen-bond acceptors (Lipinski definition) is 2. The van der Waals surface area contributed by atoms with E-state index in [-0.39, 0.29) is 5.82 Å². The van der Waals surface area contributed by atoms with Crippen LogP contribution in [0.15, 0.2) is 152 Å². The Bertz CT molecular complexity index is 2300. The molecule has 0 aliphatic carbocycles. The molecule has 0 bridgehead atoms. The van der Waals surface area contributed by atoms with E-state index in [2.05, 4.69) is 88.7 Å². The van der Waals surface area contributed by atoms with Gasteiger partial charge in [0.05, 0.1) is 22.4 Å². The highest BCUT2D eigenvalue weighted by Crippen LogP contribution is 2.39. The lowest BCUT2D eigenvalue weighted by Gasteiger charge is -2.26. The Kier molecular flexibility index (Phi) is 6.46. The molecule has 1 aliphatic heterocycles. The molecule has 0 atom stereocenters. The molecule has 214 valence electrons. The molecule has 0 saturated heterocycles. The summed E-state index contributed by atoms with van der Waals surface area (Å²) in [6, 6.07) is 49.9. The van der Waals surface area contributed by atoms with E-state index < -0.39 is 0 Å². The molecule has 7 aromatic rings. The Balaban J connectivity index is 1.42. The molecule has 0 fully saturated rings. The van der Waals surface area contributed by atoms with Crippen molar-refractivity contribution >= 4 is 50.6 Å². The van der Waals surface area contributed by atoms with Gasteiger partial charge in [-0.2, -0.15) is 0 Å². The second-order valence-electron chi connectivity index (χ2n) is 11.2. The van der Waals surface area contributed by atoms with Crippen LogP contribution in [0, 0.1) is 11.2 Å². The van der Waals surface area contributed by atoms with Crippen LogP contribution in [0.5, 0.6) is 0 Å². The van der Waals surface area contributed by atoms with Crippen molar-refractivity contribution in [2.45, 2.75) is 0 Å². The molecule has 2 N–H and O–H groups in total. The van der Waals surface area contributed by atoms with E-state index >= 15 is 0 Å². The first-order valence-corrected chi connectivity index (χ1v) is 15.0. The van der Waals surface area contributed by atoms with Crippen LogP contribution < -0.4 is 5.32 Å². The highest BCUT2D eigenvalue weighted by Gasteiger charge is 2.25. The number of hydrogen-bond donors (Lipinski definition) is 2. The van der Waals surface area contributed by atoms with E-state index in [1.165, 1.54) is 6.07 Å². The van der Waals surface area contributed by atoms with Crippen LogP contribution >= 0.6 is 0 Å². The minimum Gasteiger partial charge on any atom is -0.354 e. The van der Waals surface area contributed by atoms with E-state index in [1.54, 1.807) is 6.07 Å². The predicted octanol–water partition coefficient (Wildman–Crippen LogP) is 9.96. The van der Waals surface area contributed by atoms with E-state index in [4.69, 9.17) is 0 Å². The molecule has 8 rings (SSSR count). The fourth-order valence-corrected chi connectivity index (χ4v) is 6.38. The van der Waals surface area contributed by atoms with Crippen molar-refractivity contribution in [1.29, 1.82) is 5.41 Å². The Hall–Kier alpha value is -6.00. The molecule has 6 aromatic carbocycles. The summed E-state index contributed by atoms with van der Waals surface area (Å²) < 4.78 is 17.2. The van der Waals surface area contributed by atoms with Crippen LogP contribution in [-0.4, -0.2) is 10.3 Å². The maximum Gasteiger partial charge on any atom is 0.123 e. The largest absolute Gasteiger partial charge is 0.354 e. The average Bonchev–Trinajstić information content (AvgIpc) is 3.43. The topological polar surface area (TPSA) is 40.8 Å².